The van der Waals surface area contributed by atoms with Crippen molar-refractivity contribution in [1.82, 2.24) is 0 Å². The number of ether oxygens (including phenoxy) is 3. The summed E-state index contributed by atoms with van der Waals surface area (Å²) in [6.45, 7) is 9.65. The Kier molecular flexibility index (Phi) is 7.80. The van der Waals surface area contributed by atoms with Gasteiger partial charge >= 0.3 is 5.97 Å². The normalized spacial score (nSPS) is 13.3. The van der Waals surface area contributed by atoms with Crippen molar-refractivity contribution in [1.29, 1.82) is 0 Å². The van der Waals surface area contributed by atoms with Crippen LogP contribution in [-0.2, 0) is 17.8 Å². The molecule has 1 aliphatic heterocycles. The summed E-state index contributed by atoms with van der Waals surface area (Å²) in [6.07, 6.45) is -0.0349. The van der Waals surface area contributed by atoms with Crippen molar-refractivity contribution in [3.8, 4) is 17.2 Å². The fraction of sp³-hybridized carbons (Fsp3) is 0.370. The molecule has 0 saturated heterocycles. The van der Waals surface area contributed by atoms with E-state index in [-0.39, 0.29) is 0 Å². The topological polar surface area (TPSA) is 81.4 Å². The van der Waals surface area contributed by atoms with Gasteiger partial charge in [-0.1, -0.05) is 26.0 Å². The summed E-state index contributed by atoms with van der Waals surface area (Å²) in [5, 5.41) is 9.86. The van der Waals surface area contributed by atoms with E-state index in [1.54, 1.807) is 24.1 Å². The molecular weight excluding hydrogens is 466 g/mol. The molecule has 1 aromatic heterocycles. The fourth-order valence-electron chi connectivity index (χ4n) is 3.67. The first kappa shape index (κ1) is 24.9. The van der Waals surface area contributed by atoms with Gasteiger partial charge in [-0.15, -0.1) is 0 Å². The molecule has 0 spiro atoms. The number of aryl methyl sites for hydroxylation is 1. The Bertz CT molecular complexity index is 1160. The number of anilines is 1. The lowest BCUT2D eigenvalue weighted by Crippen LogP contribution is -2.22. The van der Waals surface area contributed by atoms with Crippen molar-refractivity contribution in [3.63, 3.8) is 0 Å². The van der Waals surface area contributed by atoms with Gasteiger partial charge < -0.3 is 28.0 Å². The van der Waals surface area contributed by atoms with E-state index in [0.717, 1.165) is 46.6 Å². The van der Waals surface area contributed by atoms with Gasteiger partial charge in [-0.2, -0.15) is 0 Å². The van der Waals surface area contributed by atoms with Crippen molar-refractivity contribution >= 4 is 23.6 Å². The third-order valence-electron chi connectivity index (χ3n) is 5.46. The van der Waals surface area contributed by atoms with Crippen LogP contribution in [0.4, 0.5) is 5.69 Å². The zero-order valence-electron chi connectivity index (χ0n) is 20.4. The number of carboxylic acids is 1. The second-order valence-corrected chi connectivity index (χ2v) is 9.99. The van der Waals surface area contributed by atoms with Crippen molar-refractivity contribution < 1.29 is 28.5 Å². The van der Waals surface area contributed by atoms with Gasteiger partial charge in [0.05, 0.1) is 12.3 Å². The standard InChI is InChI=1S/C27H31NO6S/c1-17(2)15-28(35-26-10-5-18(3)33-26)23-13-21-11-12-31-24(21)14-25(23)32-16-20-6-8-22(9-7-20)34-19(4)27(29)30/h5-10,13-14,17,19H,11-12,15-16H2,1-4H3,(H,29,30). The second kappa shape index (κ2) is 11.0. The molecule has 4 rings (SSSR count). The quantitative estimate of drug-likeness (QED) is 0.317. The lowest BCUT2D eigenvalue weighted by Gasteiger charge is -2.27. The van der Waals surface area contributed by atoms with Crippen LogP contribution in [0.3, 0.4) is 0 Å². The van der Waals surface area contributed by atoms with Crippen molar-refractivity contribution in [2.75, 3.05) is 17.5 Å². The largest absolute Gasteiger partial charge is 0.493 e. The molecule has 7 nitrogen and oxygen atoms in total. The van der Waals surface area contributed by atoms with Gasteiger partial charge in [-0.25, -0.2) is 4.79 Å². The Hall–Kier alpha value is -3.26. The van der Waals surface area contributed by atoms with E-state index in [1.807, 2.05) is 37.3 Å². The summed E-state index contributed by atoms with van der Waals surface area (Å²) in [4.78, 5) is 11.0. The van der Waals surface area contributed by atoms with Crippen LogP contribution in [0.15, 0.2) is 58.0 Å². The molecule has 0 aliphatic carbocycles. The second-order valence-electron chi connectivity index (χ2n) is 8.97. The van der Waals surface area contributed by atoms with Crippen LogP contribution in [0.25, 0.3) is 0 Å². The molecule has 0 amide bonds. The van der Waals surface area contributed by atoms with E-state index in [0.29, 0.717) is 24.9 Å². The van der Waals surface area contributed by atoms with Gasteiger partial charge in [0, 0.05) is 31.0 Å². The highest BCUT2D eigenvalue weighted by atomic mass is 32.2. The predicted octanol–water partition coefficient (Wildman–Crippen LogP) is 6.12. The van der Waals surface area contributed by atoms with Crippen LogP contribution >= 0.6 is 11.9 Å². The van der Waals surface area contributed by atoms with Crippen molar-refractivity contribution in [2.24, 2.45) is 5.92 Å². The first-order chi connectivity index (χ1) is 16.8. The maximum atomic E-state index is 11.0. The van der Waals surface area contributed by atoms with Gasteiger partial charge in [-0.3, -0.25) is 0 Å². The van der Waals surface area contributed by atoms with Crippen LogP contribution < -0.4 is 18.5 Å². The number of carboxylic acid groups (broad SMARTS) is 1. The van der Waals surface area contributed by atoms with E-state index in [1.165, 1.54) is 12.5 Å². The number of benzene rings is 2. The summed E-state index contributed by atoms with van der Waals surface area (Å²) >= 11 is 1.56. The number of furan rings is 1. The number of fused-ring (bicyclic) bond motifs is 1. The summed E-state index contributed by atoms with van der Waals surface area (Å²) < 4.78 is 25.6. The molecule has 1 aliphatic rings. The smallest absolute Gasteiger partial charge is 0.344 e. The molecule has 0 radical (unpaired) electrons. The molecule has 0 fully saturated rings. The highest BCUT2D eigenvalue weighted by Gasteiger charge is 2.23. The molecule has 2 aromatic carbocycles. The molecular formula is C27H31NO6S. The lowest BCUT2D eigenvalue weighted by atomic mass is 10.1. The zero-order chi connectivity index (χ0) is 24.9. The predicted molar refractivity (Wildman–Crippen MR) is 136 cm³/mol. The van der Waals surface area contributed by atoms with Crippen LogP contribution in [-0.4, -0.2) is 30.3 Å². The number of hydrogen-bond acceptors (Lipinski definition) is 7. The molecule has 1 unspecified atom stereocenters. The highest BCUT2D eigenvalue weighted by molar-refractivity contribution is 8.00. The van der Waals surface area contributed by atoms with E-state index in [2.05, 4.69) is 24.2 Å². The Morgan fingerprint density at radius 3 is 2.57 bits per heavy atom. The maximum absolute atomic E-state index is 11.0. The zero-order valence-corrected chi connectivity index (χ0v) is 21.3. The number of aliphatic carboxylic acids is 1. The van der Waals surface area contributed by atoms with Crippen molar-refractivity contribution in [3.05, 3.63) is 65.4 Å². The minimum atomic E-state index is -1.00. The summed E-state index contributed by atoms with van der Waals surface area (Å²) in [5.41, 5.74) is 3.10. The molecule has 8 heteroatoms. The number of hydrogen-bond donors (Lipinski definition) is 1. The molecule has 2 heterocycles. The Morgan fingerprint density at radius 2 is 1.91 bits per heavy atom. The summed E-state index contributed by atoms with van der Waals surface area (Å²) in [6, 6.07) is 15.3. The Labute approximate surface area is 210 Å². The maximum Gasteiger partial charge on any atom is 0.344 e. The van der Waals surface area contributed by atoms with Gasteiger partial charge in [0.1, 0.15) is 29.6 Å². The first-order valence-corrected chi connectivity index (χ1v) is 12.5. The SMILES string of the molecule is Cc1ccc(SN(CC(C)C)c2cc3c(cc2OCc2ccc(OC(C)C(=O)O)cc2)OCC3)o1. The number of nitrogens with zero attached hydrogens (tertiary/aromatic N) is 1. The minimum Gasteiger partial charge on any atom is -0.493 e. The number of carbonyl (C=O) groups is 1. The molecule has 35 heavy (non-hydrogen) atoms. The summed E-state index contributed by atoms with van der Waals surface area (Å²) in [7, 11) is 0. The third-order valence-corrected chi connectivity index (χ3v) is 6.43. The van der Waals surface area contributed by atoms with Gasteiger partial charge in [-0.05, 0) is 61.2 Å². The fourth-order valence-corrected chi connectivity index (χ4v) is 4.80. The van der Waals surface area contributed by atoms with Crippen LogP contribution in [0, 0.1) is 12.8 Å². The van der Waals surface area contributed by atoms with Crippen LogP contribution in [0.2, 0.25) is 0 Å². The molecule has 1 N–H and O–H groups in total. The third kappa shape index (κ3) is 6.45. The van der Waals surface area contributed by atoms with Crippen LogP contribution in [0.5, 0.6) is 17.2 Å². The van der Waals surface area contributed by atoms with E-state index in [9.17, 15) is 4.79 Å². The number of rotatable bonds is 11. The Balaban J connectivity index is 1.55. The lowest BCUT2D eigenvalue weighted by molar-refractivity contribution is -0.144. The van der Waals surface area contributed by atoms with E-state index >= 15 is 0 Å². The molecule has 3 aromatic rings. The van der Waals surface area contributed by atoms with Gasteiger partial charge in [0.2, 0.25) is 0 Å². The van der Waals surface area contributed by atoms with E-state index in [4.69, 9.17) is 23.7 Å². The molecule has 1 atom stereocenters. The van der Waals surface area contributed by atoms with Crippen LogP contribution in [0.1, 0.15) is 37.7 Å². The molecule has 186 valence electrons. The van der Waals surface area contributed by atoms with Crippen molar-refractivity contribution in [2.45, 2.75) is 51.9 Å². The Morgan fingerprint density at radius 1 is 1.14 bits per heavy atom. The van der Waals surface area contributed by atoms with Gasteiger partial charge in [0.15, 0.2) is 11.2 Å². The average molecular weight is 498 g/mol. The minimum absolute atomic E-state index is 0.348. The van der Waals surface area contributed by atoms with E-state index < -0.39 is 12.1 Å². The average Bonchev–Trinajstić information content (AvgIpc) is 3.45. The molecule has 0 bridgehead atoms. The molecule has 0 saturated carbocycles. The monoisotopic (exact) mass is 497 g/mol. The summed E-state index contributed by atoms with van der Waals surface area (Å²) in [5.74, 6) is 2.40. The highest BCUT2D eigenvalue weighted by Crippen LogP contribution is 2.42. The van der Waals surface area contributed by atoms with Gasteiger partial charge in [0.25, 0.3) is 0 Å². The first-order valence-electron chi connectivity index (χ1n) is 11.7.